The molecule has 0 radical (unpaired) electrons. The molecule has 2 N–H and O–H groups in total. The number of likely N-dealkylation sites (N-methyl/N-ethyl adjacent to an activating group) is 1. The van der Waals surface area contributed by atoms with Gasteiger partial charge in [-0.05, 0) is 25.3 Å². The highest BCUT2D eigenvalue weighted by atomic mass is 35.5. The normalized spacial score (nSPS) is 22.9. The van der Waals surface area contributed by atoms with E-state index in [1.54, 1.807) is 4.90 Å². The van der Waals surface area contributed by atoms with Gasteiger partial charge in [-0.2, -0.15) is 0 Å². The number of amides is 1. The van der Waals surface area contributed by atoms with E-state index in [0.717, 1.165) is 18.4 Å². The average Bonchev–Trinajstić information content (AvgIpc) is 2.94. The number of ether oxygens (including phenoxy) is 1. The maximum atomic E-state index is 12.4. The van der Waals surface area contributed by atoms with Crippen LogP contribution in [0, 0.1) is 0 Å². The van der Waals surface area contributed by atoms with Gasteiger partial charge in [0, 0.05) is 13.6 Å². The fourth-order valence-corrected chi connectivity index (χ4v) is 2.43. The van der Waals surface area contributed by atoms with E-state index >= 15 is 0 Å². The van der Waals surface area contributed by atoms with Crippen LogP contribution in [0.25, 0.3) is 0 Å². The molecule has 1 unspecified atom stereocenters. The second kappa shape index (κ2) is 7.62. The fourth-order valence-electron chi connectivity index (χ4n) is 2.43. The zero-order valence-electron chi connectivity index (χ0n) is 12.0. The number of nitrogens with zero attached hydrogens (tertiary/aromatic N) is 1. The van der Waals surface area contributed by atoms with E-state index in [1.807, 2.05) is 44.3 Å². The van der Waals surface area contributed by atoms with Gasteiger partial charge in [0.1, 0.15) is 6.10 Å². The molecule has 3 atom stereocenters. The molecule has 0 bridgehead atoms. The Labute approximate surface area is 126 Å². The molecule has 0 saturated carbocycles. The largest absolute Gasteiger partial charge is 0.364 e. The van der Waals surface area contributed by atoms with Crippen LogP contribution in [0.2, 0.25) is 0 Å². The van der Waals surface area contributed by atoms with Crippen molar-refractivity contribution in [2.24, 2.45) is 5.73 Å². The van der Waals surface area contributed by atoms with Gasteiger partial charge in [-0.15, -0.1) is 12.4 Å². The first-order valence-corrected chi connectivity index (χ1v) is 6.80. The number of carbonyl (C=O) groups is 1. The Kier molecular flexibility index (Phi) is 6.46. The molecular weight excluding hydrogens is 276 g/mol. The van der Waals surface area contributed by atoms with Gasteiger partial charge in [-0.1, -0.05) is 30.3 Å². The Hall–Kier alpha value is -1.10. The molecular formula is C15H23ClN2O2. The van der Waals surface area contributed by atoms with Crippen LogP contribution in [-0.2, 0) is 9.53 Å². The van der Waals surface area contributed by atoms with Crippen molar-refractivity contribution in [2.75, 3.05) is 13.6 Å². The Morgan fingerprint density at radius 3 is 2.60 bits per heavy atom. The van der Waals surface area contributed by atoms with Gasteiger partial charge in [0.15, 0.2) is 0 Å². The molecule has 0 aromatic heterocycles. The Balaban J connectivity index is 0.00000200. The fraction of sp³-hybridized carbons (Fsp3) is 0.533. The van der Waals surface area contributed by atoms with Crippen LogP contribution < -0.4 is 5.73 Å². The standard InChI is InChI=1S/C15H22N2O2.ClH/c1-11(12-6-4-3-5-7-12)17(2)15(18)14-9-8-13(10-16)19-14;/h3-7,11,13-14H,8-10,16H2,1-2H3;1H/t11?,13-,14+;/m1./s1. The highest BCUT2D eigenvalue weighted by Gasteiger charge is 2.33. The summed E-state index contributed by atoms with van der Waals surface area (Å²) in [5, 5.41) is 0. The minimum Gasteiger partial charge on any atom is -0.364 e. The molecule has 0 spiro atoms. The number of rotatable bonds is 4. The van der Waals surface area contributed by atoms with Gasteiger partial charge in [-0.3, -0.25) is 4.79 Å². The Bertz CT molecular complexity index is 427. The van der Waals surface area contributed by atoms with E-state index in [4.69, 9.17) is 10.5 Å². The van der Waals surface area contributed by atoms with Crippen molar-refractivity contribution >= 4 is 18.3 Å². The van der Waals surface area contributed by atoms with E-state index in [1.165, 1.54) is 0 Å². The van der Waals surface area contributed by atoms with Crippen LogP contribution in [0.1, 0.15) is 31.4 Å². The third kappa shape index (κ3) is 3.72. The third-order valence-electron chi connectivity index (χ3n) is 3.86. The van der Waals surface area contributed by atoms with Gasteiger partial charge in [0.25, 0.3) is 5.91 Å². The molecule has 0 aliphatic carbocycles. The number of hydrogen-bond acceptors (Lipinski definition) is 3. The predicted octanol–water partition coefficient (Wildman–Crippen LogP) is 2.13. The van der Waals surface area contributed by atoms with Crippen molar-refractivity contribution in [3.8, 4) is 0 Å². The molecule has 1 aliphatic heterocycles. The van der Waals surface area contributed by atoms with Crippen molar-refractivity contribution in [2.45, 2.75) is 38.0 Å². The van der Waals surface area contributed by atoms with Gasteiger partial charge >= 0.3 is 0 Å². The summed E-state index contributed by atoms with van der Waals surface area (Å²) >= 11 is 0. The van der Waals surface area contributed by atoms with Crippen molar-refractivity contribution in [1.29, 1.82) is 0 Å². The molecule has 20 heavy (non-hydrogen) atoms. The molecule has 112 valence electrons. The molecule has 1 fully saturated rings. The molecule has 1 aliphatic rings. The summed E-state index contributed by atoms with van der Waals surface area (Å²) in [6, 6.07) is 10.1. The summed E-state index contributed by atoms with van der Waals surface area (Å²) in [6.45, 7) is 2.52. The molecule has 1 saturated heterocycles. The van der Waals surface area contributed by atoms with Crippen molar-refractivity contribution in [1.82, 2.24) is 4.90 Å². The van der Waals surface area contributed by atoms with E-state index in [-0.39, 0.29) is 36.6 Å². The number of carbonyl (C=O) groups excluding carboxylic acids is 1. The van der Waals surface area contributed by atoms with Crippen LogP contribution in [0.4, 0.5) is 0 Å². The van der Waals surface area contributed by atoms with Crippen LogP contribution in [0.3, 0.4) is 0 Å². The molecule has 1 aromatic rings. The van der Waals surface area contributed by atoms with E-state index in [9.17, 15) is 4.79 Å². The highest BCUT2D eigenvalue weighted by Crippen LogP contribution is 2.24. The monoisotopic (exact) mass is 298 g/mol. The number of benzene rings is 1. The molecule has 4 nitrogen and oxygen atoms in total. The molecule has 1 aromatic carbocycles. The zero-order valence-corrected chi connectivity index (χ0v) is 12.8. The van der Waals surface area contributed by atoms with E-state index in [0.29, 0.717) is 6.54 Å². The maximum Gasteiger partial charge on any atom is 0.251 e. The molecule has 1 heterocycles. The van der Waals surface area contributed by atoms with Crippen LogP contribution >= 0.6 is 12.4 Å². The van der Waals surface area contributed by atoms with Gasteiger partial charge in [0.05, 0.1) is 12.1 Å². The summed E-state index contributed by atoms with van der Waals surface area (Å²) < 4.78 is 5.66. The molecule has 5 heteroatoms. The lowest BCUT2D eigenvalue weighted by Crippen LogP contribution is -2.38. The highest BCUT2D eigenvalue weighted by molar-refractivity contribution is 5.85. The first kappa shape index (κ1) is 17.0. The van der Waals surface area contributed by atoms with Crippen LogP contribution in [0.5, 0.6) is 0 Å². The third-order valence-corrected chi connectivity index (χ3v) is 3.86. The lowest BCUT2D eigenvalue weighted by Gasteiger charge is -2.27. The van der Waals surface area contributed by atoms with Crippen molar-refractivity contribution in [3.63, 3.8) is 0 Å². The van der Waals surface area contributed by atoms with Gasteiger partial charge in [-0.25, -0.2) is 0 Å². The first-order valence-electron chi connectivity index (χ1n) is 6.80. The van der Waals surface area contributed by atoms with Crippen LogP contribution in [-0.4, -0.2) is 36.6 Å². The summed E-state index contributed by atoms with van der Waals surface area (Å²) in [5.41, 5.74) is 6.70. The lowest BCUT2D eigenvalue weighted by molar-refractivity contribution is -0.143. The second-order valence-corrected chi connectivity index (χ2v) is 5.10. The quantitative estimate of drug-likeness (QED) is 0.926. The van der Waals surface area contributed by atoms with Crippen molar-refractivity contribution in [3.05, 3.63) is 35.9 Å². The summed E-state index contributed by atoms with van der Waals surface area (Å²) in [5.74, 6) is 0.0484. The lowest BCUT2D eigenvalue weighted by atomic mass is 10.1. The minimum absolute atomic E-state index is 0. The summed E-state index contributed by atoms with van der Waals surface area (Å²) in [6.07, 6.45) is 1.35. The van der Waals surface area contributed by atoms with E-state index in [2.05, 4.69) is 0 Å². The number of hydrogen-bond donors (Lipinski definition) is 1. The smallest absolute Gasteiger partial charge is 0.251 e. The molecule has 1 amide bonds. The van der Waals surface area contributed by atoms with E-state index < -0.39 is 0 Å². The zero-order chi connectivity index (χ0) is 13.8. The summed E-state index contributed by atoms with van der Waals surface area (Å²) in [7, 11) is 1.83. The van der Waals surface area contributed by atoms with Gasteiger partial charge < -0.3 is 15.4 Å². The second-order valence-electron chi connectivity index (χ2n) is 5.10. The molecule has 2 rings (SSSR count). The Morgan fingerprint density at radius 2 is 2.05 bits per heavy atom. The summed E-state index contributed by atoms with van der Waals surface area (Å²) in [4.78, 5) is 14.1. The first-order chi connectivity index (χ1) is 9.13. The topological polar surface area (TPSA) is 55.6 Å². The predicted molar refractivity (Wildman–Crippen MR) is 81.8 cm³/mol. The maximum absolute atomic E-state index is 12.4. The van der Waals surface area contributed by atoms with Crippen molar-refractivity contribution < 1.29 is 9.53 Å². The number of halogens is 1. The SMILES string of the molecule is CC(c1ccccc1)N(C)C(=O)[C@@H]1CC[C@H](CN)O1.Cl. The Morgan fingerprint density at radius 1 is 1.40 bits per heavy atom. The minimum atomic E-state index is -0.329. The van der Waals surface area contributed by atoms with Crippen LogP contribution in [0.15, 0.2) is 30.3 Å². The van der Waals surface area contributed by atoms with Gasteiger partial charge in [0.2, 0.25) is 0 Å². The number of nitrogens with two attached hydrogens (primary N) is 1. The average molecular weight is 299 g/mol.